The van der Waals surface area contributed by atoms with Crippen LogP contribution in [0.4, 0.5) is 0 Å². The molecule has 0 saturated carbocycles. The van der Waals surface area contributed by atoms with Gasteiger partial charge in [-0.25, -0.2) is 0 Å². The first-order valence-corrected chi connectivity index (χ1v) is 9.50. The van der Waals surface area contributed by atoms with Gasteiger partial charge >= 0.3 is 0 Å². The third-order valence-electron chi connectivity index (χ3n) is 4.71. The van der Waals surface area contributed by atoms with Gasteiger partial charge in [0.2, 0.25) is 11.8 Å². The maximum atomic E-state index is 12.2. The predicted molar refractivity (Wildman–Crippen MR) is 104 cm³/mol. The van der Waals surface area contributed by atoms with E-state index in [1.165, 1.54) is 0 Å². The number of benzene rings is 2. The molecule has 0 unspecified atom stereocenters. The Morgan fingerprint density at radius 1 is 0.926 bits per heavy atom. The number of hydrogen-bond donors (Lipinski definition) is 1. The molecule has 1 fully saturated rings. The Hall–Kier alpha value is -2.66. The Morgan fingerprint density at radius 2 is 1.48 bits per heavy atom. The zero-order valence-corrected chi connectivity index (χ0v) is 15.5. The Kier molecular flexibility index (Phi) is 6.99. The largest absolute Gasteiger partial charge is 0.359 e. The van der Waals surface area contributed by atoms with Crippen LogP contribution in [0.3, 0.4) is 0 Å². The van der Waals surface area contributed by atoms with Gasteiger partial charge in [-0.1, -0.05) is 60.7 Å². The standard InChI is InChI=1S/C22H26N2O3/c25-20(23-14-13-21(26)24-15-7-8-16-24)17-27-22(18-9-3-1-4-10-18)19-11-5-2-6-12-19/h1-6,9-12,22H,7-8,13-17H2,(H,23,25). The molecular weight excluding hydrogens is 340 g/mol. The van der Waals surface area contributed by atoms with E-state index in [1.54, 1.807) is 0 Å². The van der Waals surface area contributed by atoms with Gasteiger partial charge in [0, 0.05) is 26.1 Å². The molecule has 5 nitrogen and oxygen atoms in total. The van der Waals surface area contributed by atoms with Gasteiger partial charge in [-0.2, -0.15) is 0 Å². The van der Waals surface area contributed by atoms with Crippen LogP contribution in [-0.2, 0) is 14.3 Å². The van der Waals surface area contributed by atoms with Crippen LogP contribution in [0.15, 0.2) is 60.7 Å². The fourth-order valence-electron chi connectivity index (χ4n) is 3.28. The maximum absolute atomic E-state index is 12.2. The number of carbonyl (C=O) groups is 2. The minimum atomic E-state index is -0.301. The summed E-state index contributed by atoms with van der Waals surface area (Å²) in [6.07, 6.45) is 2.19. The first-order chi connectivity index (χ1) is 13.2. The van der Waals surface area contributed by atoms with Crippen molar-refractivity contribution in [3.8, 4) is 0 Å². The highest BCUT2D eigenvalue weighted by Gasteiger charge is 2.18. The highest BCUT2D eigenvalue weighted by Crippen LogP contribution is 2.25. The highest BCUT2D eigenvalue weighted by atomic mass is 16.5. The lowest BCUT2D eigenvalue weighted by molar-refractivity contribution is -0.130. The van der Waals surface area contributed by atoms with Crippen LogP contribution in [0, 0.1) is 0 Å². The Labute approximate surface area is 160 Å². The lowest BCUT2D eigenvalue weighted by atomic mass is 10.0. The minimum absolute atomic E-state index is 0.0492. The molecule has 1 heterocycles. The van der Waals surface area contributed by atoms with E-state index in [0.29, 0.717) is 13.0 Å². The van der Waals surface area contributed by atoms with E-state index in [2.05, 4.69) is 5.32 Å². The van der Waals surface area contributed by atoms with Crippen LogP contribution in [0.25, 0.3) is 0 Å². The fraction of sp³-hybridized carbons (Fsp3) is 0.364. The van der Waals surface area contributed by atoms with Crippen molar-refractivity contribution < 1.29 is 14.3 Å². The third-order valence-corrected chi connectivity index (χ3v) is 4.71. The monoisotopic (exact) mass is 366 g/mol. The molecule has 3 rings (SSSR count). The van der Waals surface area contributed by atoms with Crippen LogP contribution in [0.2, 0.25) is 0 Å². The van der Waals surface area contributed by atoms with Crippen molar-refractivity contribution in [2.75, 3.05) is 26.2 Å². The SMILES string of the molecule is O=C(COC(c1ccccc1)c1ccccc1)NCCC(=O)N1CCCC1. The molecule has 27 heavy (non-hydrogen) atoms. The number of rotatable bonds is 8. The van der Waals surface area contributed by atoms with Crippen molar-refractivity contribution in [2.24, 2.45) is 0 Å². The van der Waals surface area contributed by atoms with Crippen LogP contribution < -0.4 is 5.32 Å². The molecule has 2 amide bonds. The minimum Gasteiger partial charge on any atom is -0.359 e. The van der Waals surface area contributed by atoms with Crippen molar-refractivity contribution in [1.82, 2.24) is 10.2 Å². The summed E-state index contributed by atoms with van der Waals surface area (Å²) in [5.74, 6) is -0.0961. The zero-order chi connectivity index (χ0) is 18.9. The van der Waals surface area contributed by atoms with Gasteiger partial charge in [0.15, 0.2) is 0 Å². The van der Waals surface area contributed by atoms with Crippen LogP contribution >= 0.6 is 0 Å². The average Bonchev–Trinajstić information content (AvgIpc) is 3.25. The summed E-state index contributed by atoms with van der Waals surface area (Å²) in [5, 5.41) is 2.78. The van der Waals surface area contributed by atoms with E-state index < -0.39 is 0 Å². The smallest absolute Gasteiger partial charge is 0.246 e. The Bertz CT molecular complexity index is 688. The molecule has 0 atom stereocenters. The summed E-state index contributed by atoms with van der Waals surface area (Å²) in [4.78, 5) is 26.0. The second kappa shape index (κ2) is 9.88. The summed E-state index contributed by atoms with van der Waals surface area (Å²) < 4.78 is 5.93. The normalized spacial score (nSPS) is 13.7. The van der Waals surface area contributed by atoms with E-state index in [1.807, 2.05) is 65.6 Å². The zero-order valence-electron chi connectivity index (χ0n) is 15.5. The third kappa shape index (κ3) is 5.66. The van der Waals surface area contributed by atoms with Crippen molar-refractivity contribution in [3.05, 3.63) is 71.8 Å². The second-order valence-electron chi connectivity index (χ2n) is 6.70. The Balaban J connectivity index is 1.49. The molecule has 2 aromatic rings. The van der Waals surface area contributed by atoms with Gasteiger partial charge in [-0.15, -0.1) is 0 Å². The van der Waals surface area contributed by atoms with Crippen molar-refractivity contribution in [1.29, 1.82) is 0 Å². The summed E-state index contributed by atoms with van der Waals surface area (Å²) in [7, 11) is 0. The molecule has 0 aliphatic carbocycles. The van der Waals surface area contributed by atoms with Crippen molar-refractivity contribution >= 4 is 11.8 Å². The van der Waals surface area contributed by atoms with E-state index in [-0.39, 0.29) is 24.5 Å². The number of amides is 2. The Morgan fingerprint density at radius 3 is 2.04 bits per heavy atom. The lowest BCUT2D eigenvalue weighted by Crippen LogP contribution is -2.34. The number of nitrogens with zero attached hydrogens (tertiary/aromatic N) is 1. The molecule has 1 aliphatic rings. The van der Waals surface area contributed by atoms with Gasteiger partial charge in [0.25, 0.3) is 0 Å². The van der Waals surface area contributed by atoms with Crippen molar-refractivity contribution in [3.63, 3.8) is 0 Å². The summed E-state index contributed by atoms with van der Waals surface area (Å²) in [6, 6.07) is 19.7. The molecule has 142 valence electrons. The summed E-state index contributed by atoms with van der Waals surface area (Å²) in [6.45, 7) is 1.97. The summed E-state index contributed by atoms with van der Waals surface area (Å²) >= 11 is 0. The van der Waals surface area contributed by atoms with E-state index in [4.69, 9.17) is 4.74 Å². The van der Waals surface area contributed by atoms with Gasteiger partial charge in [0.1, 0.15) is 12.7 Å². The fourth-order valence-corrected chi connectivity index (χ4v) is 3.28. The van der Waals surface area contributed by atoms with E-state index in [9.17, 15) is 9.59 Å². The van der Waals surface area contributed by atoms with E-state index >= 15 is 0 Å². The van der Waals surface area contributed by atoms with Crippen molar-refractivity contribution in [2.45, 2.75) is 25.4 Å². The molecule has 2 aromatic carbocycles. The van der Waals surface area contributed by atoms with E-state index in [0.717, 1.165) is 37.1 Å². The maximum Gasteiger partial charge on any atom is 0.246 e. The van der Waals surface area contributed by atoms with Gasteiger partial charge < -0.3 is 15.0 Å². The molecule has 5 heteroatoms. The average molecular weight is 366 g/mol. The highest BCUT2D eigenvalue weighted by molar-refractivity contribution is 5.79. The molecule has 0 bridgehead atoms. The topological polar surface area (TPSA) is 58.6 Å². The van der Waals surface area contributed by atoms with Gasteiger partial charge in [-0.3, -0.25) is 9.59 Å². The molecule has 0 spiro atoms. The molecular formula is C22H26N2O3. The van der Waals surface area contributed by atoms with Gasteiger partial charge in [0.05, 0.1) is 0 Å². The number of likely N-dealkylation sites (tertiary alicyclic amines) is 1. The second-order valence-corrected chi connectivity index (χ2v) is 6.70. The molecule has 1 aliphatic heterocycles. The molecule has 1 N–H and O–H groups in total. The molecule has 0 radical (unpaired) electrons. The predicted octanol–water partition coefficient (Wildman–Crippen LogP) is 2.92. The molecule has 1 saturated heterocycles. The molecule has 0 aromatic heterocycles. The quantitative estimate of drug-likeness (QED) is 0.781. The number of carbonyl (C=O) groups excluding carboxylic acids is 2. The number of ether oxygens (including phenoxy) is 1. The number of hydrogen-bond acceptors (Lipinski definition) is 3. The lowest BCUT2D eigenvalue weighted by Gasteiger charge is -2.19. The summed E-state index contributed by atoms with van der Waals surface area (Å²) in [5.41, 5.74) is 2.00. The van der Waals surface area contributed by atoms with Gasteiger partial charge in [-0.05, 0) is 24.0 Å². The van der Waals surface area contributed by atoms with Crippen LogP contribution in [-0.4, -0.2) is 43.0 Å². The van der Waals surface area contributed by atoms with Crippen LogP contribution in [0.5, 0.6) is 0 Å². The number of nitrogens with one attached hydrogen (secondary N) is 1. The first-order valence-electron chi connectivity index (χ1n) is 9.50. The first kappa shape index (κ1) is 19.1. The van der Waals surface area contributed by atoms with Crippen LogP contribution in [0.1, 0.15) is 36.5 Å².